The lowest BCUT2D eigenvalue weighted by Crippen LogP contribution is -2.41. The second-order valence-electron chi connectivity index (χ2n) is 7.46. The quantitative estimate of drug-likeness (QED) is 0.409. The molecule has 154 valence electrons. The first-order valence-corrected chi connectivity index (χ1v) is 11.3. The molecule has 3 rings (SSSR count). The lowest BCUT2D eigenvalue weighted by molar-refractivity contribution is 0.458. The van der Waals surface area contributed by atoms with Crippen molar-refractivity contribution in [2.45, 2.75) is 32.7 Å². The monoisotopic (exact) mass is 404 g/mol. The molecule has 2 aromatic heterocycles. The van der Waals surface area contributed by atoms with Crippen molar-refractivity contribution in [2.75, 3.05) is 31.6 Å². The van der Waals surface area contributed by atoms with Crippen LogP contribution in [-0.2, 0) is 27.1 Å². The standard InChI is InChI=1S/C19H32N8S/c1-15-23-24-18(26(15)3)12-21-19(20-7-5-9-28-4)27-8-6-16(14-27)10-17-11-22-25(2)13-17/h11,13,16H,5-10,12,14H2,1-4H3,(H,20,21). The van der Waals surface area contributed by atoms with Crippen LogP contribution in [0.15, 0.2) is 17.4 Å². The minimum absolute atomic E-state index is 0.548. The largest absolute Gasteiger partial charge is 0.356 e. The number of hydrogen-bond donors (Lipinski definition) is 1. The number of rotatable bonds is 8. The lowest BCUT2D eigenvalue weighted by atomic mass is 10.0. The van der Waals surface area contributed by atoms with Gasteiger partial charge in [-0.2, -0.15) is 16.9 Å². The van der Waals surface area contributed by atoms with Gasteiger partial charge in [-0.1, -0.05) is 0 Å². The first kappa shape index (κ1) is 20.7. The summed E-state index contributed by atoms with van der Waals surface area (Å²) in [7, 11) is 3.97. The molecule has 1 N–H and O–H groups in total. The van der Waals surface area contributed by atoms with Gasteiger partial charge in [0.1, 0.15) is 12.4 Å². The Balaban J connectivity index is 1.62. The molecule has 0 spiro atoms. The van der Waals surface area contributed by atoms with Gasteiger partial charge < -0.3 is 14.8 Å². The maximum absolute atomic E-state index is 4.88. The molecule has 2 aromatic rings. The van der Waals surface area contributed by atoms with E-state index in [1.807, 2.05) is 48.2 Å². The molecule has 0 aliphatic carbocycles. The summed E-state index contributed by atoms with van der Waals surface area (Å²) in [4.78, 5) is 7.27. The molecule has 0 bridgehead atoms. The van der Waals surface area contributed by atoms with Gasteiger partial charge >= 0.3 is 0 Å². The third-order valence-corrected chi connectivity index (χ3v) is 5.93. The SMILES string of the molecule is CSCCCNC(=NCc1nnc(C)n1C)N1CCC(Cc2cnn(C)c2)C1. The fourth-order valence-electron chi connectivity index (χ4n) is 3.52. The number of hydrogen-bond acceptors (Lipinski definition) is 5. The highest BCUT2D eigenvalue weighted by molar-refractivity contribution is 7.98. The Bertz CT molecular complexity index is 781. The summed E-state index contributed by atoms with van der Waals surface area (Å²) < 4.78 is 3.88. The molecule has 1 aliphatic heterocycles. The third kappa shape index (κ3) is 5.50. The van der Waals surface area contributed by atoms with E-state index in [4.69, 9.17) is 4.99 Å². The van der Waals surface area contributed by atoms with Crippen molar-refractivity contribution in [3.05, 3.63) is 29.6 Å². The maximum Gasteiger partial charge on any atom is 0.194 e. The number of likely N-dealkylation sites (tertiary alicyclic amines) is 1. The number of nitrogens with zero attached hydrogens (tertiary/aromatic N) is 7. The summed E-state index contributed by atoms with van der Waals surface area (Å²) in [5.41, 5.74) is 1.32. The van der Waals surface area contributed by atoms with Crippen LogP contribution in [0.5, 0.6) is 0 Å². The Hall–Kier alpha value is -2.03. The highest BCUT2D eigenvalue weighted by atomic mass is 32.2. The van der Waals surface area contributed by atoms with E-state index in [1.165, 1.54) is 12.0 Å². The van der Waals surface area contributed by atoms with Gasteiger partial charge in [0.15, 0.2) is 11.8 Å². The highest BCUT2D eigenvalue weighted by Gasteiger charge is 2.25. The molecule has 28 heavy (non-hydrogen) atoms. The lowest BCUT2D eigenvalue weighted by Gasteiger charge is -2.22. The van der Waals surface area contributed by atoms with E-state index in [2.05, 4.69) is 38.0 Å². The molecule has 1 atom stereocenters. The molecular formula is C19H32N8S. The number of aliphatic imine (C=N–C) groups is 1. The number of aryl methyl sites for hydroxylation is 2. The van der Waals surface area contributed by atoms with Gasteiger partial charge in [-0.05, 0) is 49.7 Å². The number of guanidine groups is 1. The van der Waals surface area contributed by atoms with Crippen LogP contribution < -0.4 is 5.32 Å². The van der Waals surface area contributed by atoms with Crippen LogP contribution in [0.2, 0.25) is 0 Å². The van der Waals surface area contributed by atoms with Gasteiger partial charge in [0, 0.05) is 39.9 Å². The van der Waals surface area contributed by atoms with E-state index in [9.17, 15) is 0 Å². The molecular weight excluding hydrogens is 372 g/mol. The van der Waals surface area contributed by atoms with Crippen LogP contribution in [0, 0.1) is 12.8 Å². The van der Waals surface area contributed by atoms with Gasteiger partial charge in [-0.15, -0.1) is 10.2 Å². The molecule has 0 aromatic carbocycles. The van der Waals surface area contributed by atoms with Crippen molar-refractivity contribution in [1.29, 1.82) is 0 Å². The molecule has 1 saturated heterocycles. The van der Waals surface area contributed by atoms with E-state index in [0.717, 1.165) is 55.8 Å². The predicted octanol–water partition coefficient (Wildman–Crippen LogP) is 1.62. The van der Waals surface area contributed by atoms with Crippen molar-refractivity contribution in [3.8, 4) is 0 Å². The summed E-state index contributed by atoms with van der Waals surface area (Å²) in [6, 6.07) is 0. The zero-order valence-electron chi connectivity index (χ0n) is 17.4. The third-order valence-electron chi connectivity index (χ3n) is 5.23. The van der Waals surface area contributed by atoms with Crippen molar-refractivity contribution in [3.63, 3.8) is 0 Å². The molecule has 1 unspecified atom stereocenters. The van der Waals surface area contributed by atoms with Crippen molar-refractivity contribution in [1.82, 2.24) is 34.8 Å². The fourth-order valence-corrected chi connectivity index (χ4v) is 3.95. The minimum Gasteiger partial charge on any atom is -0.356 e. The molecule has 1 aliphatic rings. The summed E-state index contributed by atoms with van der Waals surface area (Å²) in [5, 5.41) is 16.2. The molecule has 0 amide bonds. The Morgan fingerprint density at radius 3 is 2.89 bits per heavy atom. The normalized spacial score (nSPS) is 17.5. The van der Waals surface area contributed by atoms with Gasteiger partial charge in [0.25, 0.3) is 0 Å². The minimum atomic E-state index is 0.548. The van der Waals surface area contributed by atoms with Crippen molar-refractivity contribution >= 4 is 17.7 Å². The van der Waals surface area contributed by atoms with E-state index >= 15 is 0 Å². The van der Waals surface area contributed by atoms with Gasteiger partial charge in [-0.3, -0.25) is 4.68 Å². The number of nitrogens with one attached hydrogen (secondary N) is 1. The van der Waals surface area contributed by atoms with E-state index in [1.54, 1.807) is 0 Å². The Morgan fingerprint density at radius 1 is 1.36 bits per heavy atom. The van der Waals surface area contributed by atoms with Gasteiger partial charge in [-0.25, -0.2) is 4.99 Å². The zero-order valence-corrected chi connectivity index (χ0v) is 18.2. The van der Waals surface area contributed by atoms with Crippen molar-refractivity contribution in [2.24, 2.45) is 25.0 Å². The van der Waals surface area contributed by atoms with Crippen LogP contribution in [0.1, 0.15) is 30.1 Å². The first-order valence-electron chi connectivity index (χ1n) is 9.91. The number of thioether (sulfide) groups is 1. The summed E-state index contributed by atoms with van der Waals surface area (Å²) in [5.74, 6) is 4.60. The molecule has 9 heteroatoms. The zero-order chi connectivity index (χ0) is 19.9. The van der Waals surface area contributed by atoms with Crippen LogP contribution in [0.4, 0.5) is 0 Å². The topological polar surface area (TPSA) is 76.2 Å². The summed E-state index contributed by atoms with van der Waals surface area (Å²) in [6.07, 6.45) is 9.64. The van der Waals surface area contributed by atoms with E-state index in [0.29, 0.717) is 12.5 Å². The molecule has 3 heterocycles. The summed E-state index contributed by atoms with van der Waals surface area (Å²) in [6.45, 7) is 5.52. The molecule has 1 fully saturated rings. The fraction of sp³-hybridized carbons (Fsp3) is 0.684. The Labute approximate surface area is 171 Å². The van der Waals surface area contributed by atoms with Gasteiger partial charge in [0.05, 0.1) is 6.20 Å². The molecule has 0 saturated carbocycles. The van der Waals surface area contributed by atoms with Gasteiger partial charge in [0.2, 0.25) is 0 Å². The smallest absolute Gasteiger partial charge is 0.194 e. The first-order chi connectivity index (χ1) is 13.6. The second kappa shape index (κ2) is 9.95. The highest BCUT2D eigenvalue weighted by Crippen LogP contribution is 2.21. The Morgan fingerprint density at radius 2 is 2.21 bits per heavy atom. The van der Waals surface area contributed by atoms with Crippen LogP contribution in [0.3, 0.4) is 0 Å². The van der Waals surface area contributed by atoms with Crippen LogP contribution in [-0.4, -0.2) is 67.0 Å². The number of aromatic nitrogens is 5. The average molecular weight is 405 g/mol. The van der Waals surface area contributed by atoms with Crippen molar-refractivity contribution < 1.29 is 0 Å². The second-order valence-corrected chi connectivity index (χ2v) is 8.45. The van der Waals surface area contributed by atoms with E-state index < -0.39 is 0 Å². The van der Waals surface area contributed by atoms with Crippen LogP contribution in [0.25, 0.3) is 0 Å². The molecule has 8 nitrogen and oxygen atoms in total. The maximum atomic E-state index is 4.88. The Kier molecular flexibility index (Phi) is 7.36. The van der Waals surface area contributed by atoms with Crippen LogP contribution >= 0.6 is 11.8 Å². The predicted molar refractivity (Wildman–Crippen MR) is 114 cm³/mol. The summed E-state index contributed by atoms with van der Waals surface area (Å²) >= 11 is 1.88. The van der Waals surface area contributed by atoms with E-state index in [-0.39, 0.29) is 0 Å². The average Bonchev–Trinajstić information content (AvgIpc) is 3.38. The molecule has 0 radical (unpaired) electrons.